The standard InChI is InChI=1S/C13H23NO3S/c1-14(11-6-2-3-7-11)13(15)10-18(16,17)12-8-4-5-9-12/h11-12H,2-10H2,1H3. The Morgan fingerprint density at radius 3 is 2.11 bits per heavy atom. The summed E-state index contributed by atoms with van der Waals surface area (Å²) in [7, 11) is -1.47. The number of rotatable bonds is 4. The lowest BCUT2D eigenvalue weighted by molar-refractivity contribution is -0.129. The third kappa shape index (κ3) is 3.05. The second-order valence-corrected chi connectivity index (χ2v) is 7.94. The molecule has 2 aliphatic rings. The highest BCUT2D eigenvalue weighted by Crippen LogP contribution is 2.26. The third-order valence-electron chi connectivity index (χ3n) is 4.40. The number of hydrogen-bond acceptors (Lipinski definition) is 3. The van der Waals surface area contributed by atoms with E-state index in [9.17, 15) is 13.2 Å². The molecule has 0 aromatic heterocycles. The van der Waals surface area contributed by atoms with Crippen LogP contribution in [-0.4, -0.2) is 43.3 Å². The van der Waals surface area contributed by atoms with Gasteiger partial charge < -0.3 is 4.90 Å². The Bertz CT molecular complexity index is 392. The molecular weight excluding hydrogens is 250 g/mol. The van der Waals surface area contributed by atoms with Gasteiger partial charge in [-0.05, 0) is 25.7 Å². The average molecular weight is 273 g/mol. The van der Waals surface area contributed by atoms with Crippen LogP contribution < -0.4 is 0 Å². The Balaban J connectivity index is 1.93. The molecule has 0 spiro atoms. The maximum Gasteiger partial charge on any atom is 0.237 e. The molecule has 2 aliphatic carbocycles. The SMILES string of the molecule is CN(C(=O)CS(=O)(=O)C1CCCC1)C1CCCC1. The maximum absolute atomic E-state index is 12.1. The molecule has 0 saturated heterocycles. The molecule has 0 heterocycles. The minimum Gasteiger partial charge on any atom is -0.342 e. The predicted octanol–water partition coefficient (Wildman–Crippen LogP) is 1.74. The first-order valence-corrected chi connectivity index (χ1v) is 8.69. The number of nitrogens with zero attached hydrogens (tertiary/aromatic N) is 1. The average Bonchev–Trinajstić information content (AvgIpc) is 3.00. The van der Waals surface area contributed by atoms with Crippen molar-refractivity contribution in [2.75, 3.05) is 12.8 Å². The Kier molecular flexibility index (Phi) is 4.30. The number of amides is 1. The lowest BCUT2D eigenvalue weighted by atomic mass is 10.2. The largest absolute Gasteiger partial charge is 0.342 e. The maximum atomic E-state index is 12.1. The summed E-state index contributed by atoms with van der Waals surface area (Å²) in [4.78, 5) is 13.7. The fourth-order valence-corrected chi connectivity index (χ4v) is 4.97. The Hall–Kier alpha value is -0.580. The minimum atomic E-state index is -3.23. The van der Waals surface area contributed by atoms with Gasteiger partial charge in [0.1, 0.15) is 5.75 Å². The lowest BCUT2D eigenvalue weighted by Gasteiger charge is -2.24. The quantitative estimate of drug-likeness (QED) is 0.784. The van der Waals surface area contributed by atoms with Crippen LogP contribution >= 0.6 is 0 Å². The highest BCUT2D eigenvalue weighted by molar-refractivity contribution is 7.92. The van der Waals surface area contributed by atoms with Crippen molar-refractivity contribution in [2.24, 2.45) is 0 Å². The molecule has 2 rings (SSSR count). The Morgan fingerprint density at radius 1 is 1.06 bits per heavy atom. The summed E-state index contributed by atoms with van der Waals surface area (Å²) in [6, 6.07) is 0.260. The highest BCUT2D eigenvalue weighted by Gasteiger charge is 2.33. The second-order valence-electron chi connectivity index (χ2n) is 5.66. The summed E-state index contributed by atoms with van der Waals surface area (Å²) in [5, 5.41) is -0.265. The molecule has 2 saturated carbocycles. The van der Waals surface area contributed by atoms with E-state index in [1.54, 1.807) is 11.9 Å². The van der Waals surface area contributed by atoms with Gasteiger partial charge >= 0.3 is 0 Å². The lowest BCUT2D eigenvalue weighted by Crippen LogP contribution is -2.40. The molecule has 104 valence electrons. The molecule has 2 fully saturated rings. The van der Waals surface area contributed by atoms with E-state index in [4.69, 9.17) is 0 Å². The summed E-state index contributed by atoms with van der Waals surface area (Å²) in [5.74, 6) is -0.501. The molecule has 5 heteroatoms. The molecule has 4 nitrogen and oxygen atoms in total. The summed E-state index contributed by atoms with van der Waals surface area (Å²) < 4.78 is 24.2. The van der Waals surface area contributed by atoms with E-state index >= 15 is 0 Å². The highest BCUT2D eigenvalue weighted by atomic mass is 32.2. The van der Waals surface area contributed by atoms with E-state index in [0.29, 0.717) is 0 Å². The van der Waals surface area contributed by atoms with Crippen LogP contribution in [0.4, 0.5) is 0 Å². The Labute approximate surface area is 110 Å². The topological polar surface area (TPSA) is 54.5 Å². The van der Waals surface area contributed by atoms with Crippen LogP contribution in [0, 0.1) is 0 Å². The van der Waals surface area contributed by atoms with Crippen LogP contribution in [0.15, 0.2) is 0 Å². The fraction of sp³-hybridized carbons (Fsp3) is 0.923. The van der Waals surface area contributed by atoms with Gasteiger partial charge in [0.2, 0.25) is 5.91 Å². The van der Waals surface area contributed by atoms with Crippen LogP contribution in [0.1, 0.15) is 51.4 Å². The number of carbonyl (C=O) groups is 1. The normalized spacial score (nSPS) is 22.5. The third-order valence-corrected chi connectivity index (χ3v) is 6.54. The van der Waals surface area contributed by atoms with Gasteiger partial charge in [0.25, 0.3) is 0 Å². The first-order chi connectivity index (χ1) is 8.50. The molecule has 0 unspecified atom stereocenters. The van der Waals surface area contributed by atoms with Crippen molar-refractivity contribution in [1.29, 1.82) is 0 Å². The van der Waals surface area contributed by atoms with Crippen molar-refractivity contribution in [3.05, 3.63) is 0 Å². The molecule has 0 aliphatic heterocycles. The molecule has 0 atom stereocenters. The van der Waals surface area contributed by atoms with E-state index in [1.165, 1.54) is 0 Å². The summed E-state index contributed by atoms with van der Waals surface area (Å²) in [6.45, 7) is 0. The van der Waals surface area contributed by atoms with Crippen LogP contribution in [0.5, 0.6) is 0 Å². The van der Waals surface area contributed by atoms with Gasteiger partial charge in [-0.15, -0.1) is 0 Å². The molecule has 0 aromatic rings. The van der Waals surface area contributed by atoms with Crippen LogP contribution in [0.25, 0.3) is 0 Å². The zero-order valence-corrected chi connectivity index (χ0v) is 11.9. The van der Waals surface area contributed by atoms with E-state index in [0.717, 1.165) is 51.4 Å². The van der Waals surface area contributed by atoms with E-state index in [1.807, 2.05) is 0 Å². The van der Waals surface area contributed by atoms with Crippen LogP contribution in [0.3, 0.4) is 0 Å². The first-order valence-electron chi connectivity index (χ1n) is 6.98. The zero-order valence-electron chi connectivity index (χ0n) is 11.1. The molecule has 0 N–H and O–H groups in total. The first kappa shape index (κ1) is 13.8. The summed E-state index contributed by atoms with van der Waals surface area (Å²) in [6.07, 6.45) is 7.78. The van der Waals surface area contributed by atoms with E-state index in [2.05, 4.69) is 0 Å². The van der Waals surface area contributed by atoms with Crippen molar-refractivity contribution in [3.8, 4) is 0 Å². The van der Waals surface area contributed by atoms with Gasteiger partial charge in [0.05, 0.1) is 5.25 Å². The van der Waals surface area contributed by atoms with Crippen molar-refractivity contribution in [1.82, 2.24) is 4.90 Å². The van der Waals surface area contributed by atoms with Crippen molar-refractivity contribution >= 4 is 15.7 Å². The van der Waals surface area contributed by atoms with Crippen LogP contribution in [0.2, 0.25) is 0 Å². The molecule has 18 heavy (non-hydrogen) atoms. The smallest absolute Gasteiger partial charge is 0.237 e. The molecular formula is C13H23NO3S. The minimum absolute atomic E-state index is 0.214. The zero-order chi connectivity index (χ0) is 13.2. The second kappa shape index (κ2) is 5.59. The number of carbonyl (C=O) groups excluding carboxylic acids is 1. The van der Waals surface area contributed by atoms with Gasteiger partial charge in [0.15, 0.2) is 9.84 Å². The van der Waals surface area contributed by atoms with Gasteiger partial charge in [-0.2, -0.15) is 0 Å². The van der Waals surface area contributed by atoms with Gasteiger partial charge in [-0.3, -0.25) is 4.79 Å². The summed E-state index contributed by atoms with van der Waals surface area (Å²) in [5.41, 5.74) is 0. The van der Waals surface area contributed by atoms with Crippen molar-refractivity contribution in [2.45, 2.75) is 62.7 Å². The van der Waals surface area contributed by atoms with E-state index in [-0.39, 0.29) is 23.0 Å². The monoisotopic (exact) mass is 273 g/mol. The molecule has 0 bridgehead atoms. The molecule has 0 aromatic carbocycles. The molecule has 1 amide bonds. The number of hydrogen-bond donors (Lipinski definition) is 0. The van der Waals surface area contributed by atoms with Gasteiger partial charge in [-0.1, -0.05) is 25.7 Å². The van der Waals surface area contributed by atoms with Crippen molar-refractivity contribution < 1.29 is 13.2 Å². The number of sulfone groups is 1. The van der Waals surface area contributed by atoms with Crippen LogP contribution in [-0.2, 0) is 14.6 Å². The predicted molar refractivity (Wildman–Crippen MR) is 71.1 cm³/mol. The van der Waals surface area contributed by atoms with E-state index < -0.39 is 9.84 Å². The summed E-state index contributed by atoms with van der Waals surface area (Å²) >= 11 is 0. The van der Waals surface area contributed by atoms with Crippen molar-refractivity contribution in [3.63, 3.8) is 0 Å². The fourth-order valence-electron chi connectivity index (χ4n) is 3.13. The van der Waals surface area contributed by atoms with Gasteiger partial charge in [0, 0.05) is 13.1 Å². The van der Waals surface area contributed by atoms with Gasteiger partial charge in [-0.25, -0.2) is 8.42 Å². The molecule has 0 radical (unpaired) electrons. The Morgan fingerprint density at radius 2 is 1.56 bits per heavy atom.